The quantitative estimate of drug-likeness (QED) is 0.889. The maximum absolute atomic E-state index is 13.9. The van der Waals surface area contributed by atoms with Crippen molar-refractivity contribution in [1.29, 1.82) is 0 Å². The summed E-state index contributed by atoms with van der Waals surface area (Å²) in [4.78, 5) is 12.2. The maximum atomic E-state index is 13.9. The molecular weight excluding hydrogens is 257 g/mol. The fraction of sp³-hybridized carbons (Fsp3) is 0.562. The Kier molecular flexibility index (Phi) is 3.76. The molecule has 1 fully saturated rings. The van der Waals surface area contributed by atoms with E-state index in [4.69, 9.17) is 5.11 Å². The van der Waals surface area contributed by atoms with Crippen LogP contribution in [0.2, 0.25) is 0 Å². The third-order valence-corrected chi connectivity index (χ3v) is 4.23. The summed E-state index contributed by atoms with van der Waals surface area (Å²) in [7, 11) is 1.61. The lowest BCUT2D eigenvalue weighted by molar-refractivity contribution is 0.105. The van der Waals surface area contributed by atoms with Crippen molar-refractivity contribution in [1.82, 2.24) is 4.90 Å². The van der Waals surface area contributed by atoms with E-state index in [0.29, 0.717) is 5.92 Å². The first-order valence-corrected chi connectivity index (χ1v) is 6.96. The van der Waals surface area contributed by atoms with Gasteiger partial charge >= 0.3 is 6.09 Å². The van der Waals surface area contributed by atoms with Crippen molar-refractivity contribution in [3.8, 4) is 0 Å². The number of rotatable bonds is 2. The van der Waals surface area contributed by atoms with Gasteiger partial charge in [0.15, 0.2) is 0 Å². The van der Waals surface area contributed by atoms with E-state index < -0.39 is 6.09 Å². The topological polar surface area (TPSA) is 40.5 Å². The number of carbonyl (C=O) groups is 1. The molecule has 1 aliphatic rings. The van der Waals surface area contributed by atoms with Crippen LogP contribution in [0.25, 0.3) is 0 Å². The molecule has 0 radical (unpaired) electrons. The average Bonchev–Trinajstić information content (AvgIpc) is 2.27. The molecule has 1 aromatic carbocycles. The Morgan fingerprint density at radius 1 is 1.35 bits per heavy atom. The first kappa shape index (κ1) is 14.8. The van der Waals surface area contributed by atoms with Crippen LogP contribution in [-0.2, 0) is 5.41 Å². The van der Waals surface area contributed by atoms with Gasteiger partial charge in [-0.1, -0.05) is 32.9 Å². The largest absolute Gasteiger partial charge is 0.465 e. The molecule has 2 rings (SSSR count). The molecule has 20 heavy (non-hydrogen) atoms. The van der Waals surface area contributed by atoms with Gasteiger partial charge in [0.2, 0.25) is 0 Å². The Bertz CT molecular complexity index is 516. The number of nitrogens with zero attached hydrogens (tertiary/aromatic N) is 1. The normalized spacial score (nSPS) is 22.2. The summed E-state index contributed by atoms with van der Waals surface area (Å²) in [5.74, 6) is 0.170. The van der Waals surface area contributed by atoms with Gasteiger partial charge in [-0.3, -0.25) is 0 Å². The van der Waals surface area contributed by atoms with E-state index in [1.807, 2.05) is 32.9 Å². The van der Waals surface area contributed by atoms with Crippen LogP contribution in [0.5, 0.6) is 0 Å². The van der Waals surface area contributed by atoms with Gasteiger partial charge in [0.1, 0.15) is 5.82 Å². The zero-order chi connectivity index (χ0) is 15.1. The first-order valence-electron chi connectivity index (χ1n) is 6.96. The summed E-state index contributed by atoms with van der Waals surface area (Å²) in [6.07, 6.45) is 0.749. The van der Waals surface area contributed by atoms with E-state index >= 15 is 0 Å². The van der Waals surface area contributed by atoms with Crippen LogP contribution in [0.1, 0.15) is 50.7 Å². The fourth-order valence-electron chi connectivity index (χ4n) is 2.70. The van der Waals surface area contributed by atoms with Gasteiger partial charge < -0.3 is 10.0 Å². The Hall–Kier alpha value is -1.58. The highest BCUT2D eigenvalue weighted by molar-refractivity contribution is 5.65. The molecule has 0 aromatic heterocycles. The second-order valence-electron chi connectivity index (χ2n) is 6.70. The van der Waals surface area contributed by atoms with Crippen LogP contribution < -0.4 is 0 Å². The monoisotopic (exact) mass is 279 g/mol. The van der Waals surface area contributed by atoms with E-state index in [2.05, 4.69) is 0 Å². The van der Waals surface area contributed by atoms with Gasteiger partial charge in [0.05, 0.1) is 0 Å². The molecule has 4 heteroatoms. The minimum atomic E-state index is -0.886. The first-order chi connectivity index (χ1) is 9.20. The molecule has 0 spiro atoms. The zero-order valence-electron chi connectivity index (χ0n) is 12.5. The van der Waals surface area contributed by atoms with Gasteiger partial charge in [-0.05, 0) is 41.4 Å². The molecule has 110 valence electrons. The highest BCUT2D eigenvalue weighted by Crippen LogP contribution is 2.40. The number of benzene rings is 1. The van der Waals surface area contributed by atoms with Crippen molar-refractivity contribution >= 4 is 6.09 Å². The Morgan fingerprint density at radius 2 is 1.95 bits per heavy atom. The van der Waals surface area contributed by atoms with Crippen molar-refractivity contribution in [2.45, 2.75) is 51.0 Å². The van der Waals surface area contributed by atoms with Gasteiger partial charge in [0, 0.05) is 13.1 Å². The van der Waals surface area contributed by atoms with E-state index in [0.717, 1.165) is 24.0 Å². The van der Waals surface area contributed by atoms with Crippen LogP contribution >= 0.6 is 0 Å². The van der Waals surface area contributed by atoms with Crippen LogP contribution in [0.4, 0.5) is 9.18 Å². The average molecular weight is 279 g/mol. The number of hydrogen-bond donors (Lipinski definition) is 1. The summed E-state index contributed by atoms with van der Waals surface area (Å²) in [5.41, 5.74) is 1.62. The molecule has 0 atom stereocenters. The second kappa shape index (κ2) is 5.08. The molecule has 0 saturated heterocycles. The minimum Gasteiger partial charge on any atom is -0.465 e. The lowest BCUT2D eigenvalue weighted by atomic mass is 9.74. The Morgan fingerprint density at radius 3 is 2.45 bits per heavy atom. The molecule has 1 saturated carbocycles. The molecule has 0 unspecified atom stereocenters. The number of amides is 1. The molecule has 1 aliphatic carbocycles. The third-order valence-electron chi connectivity index (χ3n) is 4.23. The van der Waals surface area contributed by atoms with Crippen LogP contribution in [-0.4, -0.2) is 29.2 Å². The van der Waals surface area contributed by atoms with Crippen molar-refractivity contribution in [2.24, 2.45) is 0 Å². The highest BCUT2D eigenvalue weighted by Gasteiger charge is 2.35. The number of hydrogen-bond acceptors (Lipinski definition) is 1. The van der Waals surface area contributed by atoms with E-state index in [1.54, 1.807) is 7.05 Å². The zero-order valence-corrected chi connectivity index (χ0v) is 12.5. The SMILES string of the molecule is CN(C(=O)O)C1CC(c2ccc(F)c(C(C)(C)C)c2)C1. The third kappa shape index (κ3) is 2.79. The summed E-state index contributed by atoms with van der Waals surface area (Å²) < 4.78 is 13.9. The predicted molar refractivity (Wildman–Crippen MR) is 76.7 cm³/mol. The van der Waals surface area contributed by atoms with Crippen molar-refractivity contribution in [3.63, 3.8) is 0 Å². The van der Waals surface area contributed by atoms with E-state index in [9.17, 15) is 9.18 Å². The molecule has 0 aliphatic heterocycles. The van der Waals surface area contributed by atoms with Gasteiger partial charge in [0.25, 0.3) is 0 Å². The molecule has 1 N–H and O–H groups in total. The molecule has 0 bridgehead atoms. The number of carboxylic acid groups (broad SMARTS) is 1. The smallest absolute Gasteiger partial charge is 0.407 e. The van der Waals surface area contributed by atoms with Crippen molar-refractivity contribution in [3.05, 3.63) is 35.1 Å². The maximum Gasteiger partial charge on any atom is 0.407 e. The van der Waals surface area contributed by atoms with Crippen molar-refractivity contribution < 1.29 is 14.3 Å². The second-order valence-corrected chi connectivity index (χ2v) is 6.70. The summed E-state index contributed by atoms with van der Waals surface area (Å²) in [5, 5.41) is 8.94. The standard InChI is InChI=1S/C16H22FNO2/c1-16(2,3)13-9-10(5-6-14(13)17)11-7-12(8-11)18(4)15(19)20/h5-6,9,11-12H,7-8H2,1-4H3,(H,19,20). The number of halogens is 1. The Labute approximate surface area is 119 Å². The fourth-order valence-corrected chi connectivity index (χ4v) is 2.70. The summed E-state index contributed by atoms with van der Waals surface area (Å²) >= 11 is 0. The molecular formula is C16H22FNO2. The summed E-state index contributed by atoms with van der Waals surface area (Å²) in [6.45, 7) is 5.99. The van der Waals surface area contributed by atoms with Crippen molar-refractivity contribution in [2.75, 3.05) is 7.05 Å². The lowest BCUT2D eigenvalue weighted by Crippen LogP contribution is -2.44. The highest BCUT2D eigenvalue weighted by atomic mass is 19.1. The summed E-state index contributed by atoms with van der Waals surface area (Å²) in [6, 6.07) is 5.38. The predicted octanol–water partition coefficient (Wildman–Crippen LogP) is 3.98. The molecule has 1 amide bonds. The van der Waals surface area contributed by atoms with Crippen LogP contribution in [0.3, 0.4) is 0 Å². The van der Waals surface area contributed by atoms with E-state index in [-0.39, 0.29) is 17.3 Å². The molecule has 3 nitrogen and oxygen atoms in total. The van der Waals surface area contributed by atoms with Crippen LogP contribution in [0.15, 0.2) is 18.2 Å². The Balaban J connectivity index is 2.11. The molecule has 1 aromatic rings. The van der Waals surface area contributed by atoms with Gasteiger partial charge in [-0.25, -0.2) is 9.18 Å². The van der Waals surface area contributed by atoms with Gasteiger partial charge in [-0.2, -0.15) is 0 Å². The van der Waals surface area contributed by atoms with E-state index in [1.165, 1.54) is 11.0 Å². The lowest BCUT2D eigenvalue weighted by Gasteiger charge is -2.40. The minimum absolute atomic E-state index is 0.0839. The van der Waals surface area contributed by atoms with Gasteiger partial charge in [-0.15, -0.1) is 0 Å². The van der Waals surface area contributed by atoms with Crippen LogP contribution in [0, 0.1) is 5.82 Å². The molecule has 0 heterocycles.